The molecule has 0 fully saturated rings. The second-order valence-electron chi connectivity index (χ2n) is 3.58. The van der Waals surface area contributed by atoms with Crippen LogP contribution in [-0.4, -0.2) is 27.6 Å². The molecule has 0 saturated carbocycles. The molecule has 0 N–H and O–H groups in total. The van der Waals surface area contributed by atoms with E-state index in [1.165, 1.54) is 13.2 Å². The van der Waals surface area contributed by atoms with E-state index < -0.39 is 0 Å². The van der Waals surface area contributed by atoms with Gasteiger partial charge in [0.15, 0.2) is 0 Å². The fourth-order valence-corrected chi connectivity index (χ4v) is 2.04. The van der Waals surface area contributed by atoms with Crippen LogP contribution in [0, 0.1) is 0 Å². The smallest absolute Gasteiger partial charge is 0.316 e. The number of carbonyl (C=O) groups is 1. The van der Waals surface area contributed by atoms with Gasteiger partial charge in [0.2, 0.25) is 0 Å². The number of carbonyl (C=O) groups excluding carboxylic acids is 1. The molecule has 5 nitrogen and oxygen atoms in total. The summed E-state index contributed by atoms with van der Waals surface area (Å²) in [6.45, 7) is 3.55. The molecule has 0 aliphatic carbocycles. The molecular weight excluding hydrogens is 264 g/mol. The summed E-state index contributed by atoms with van der Waals surface area (Å²) >= 11 is 6.98. The molecule has 1 heterocycles. The summed E-state index contributed by atoms with van der Waals surface area (Å²) in [5, 5.41) is 3.90. The number of nitrogens with zero attached hydrogens (tertiary/aromatic N) is 2. The number of aromatic nitrogens is 2. The lowest BCUT2D eigenvalue weighted by molar-refractivity contribution is -0.144. The molecule has 0 saturated heterocycles. The number of rotatable bonds is 4. The third-order valence-corrected chi connectivity index (χ3v) is 3.24. The van der Waals surface area contributed by atoms with Crippen molar-refractivity contribution in [3.8, 4) is 0 Å². The lowest BCUT2D eigenvalue weighted by atomic mass is 10.5. The number of aryl methyl sites for hydroxylation is 1. The Morgan fingerprint density at radius 3 is 2.88 bits per heavy atom. The lowest BCUT2D eigenvalue weighted by Crippen LogP contribution is -2.20. The molecule has 0 radical (unpaired) electrons. The number of ether oxygens (including phenoxy) is 1. The standard InChI is InChI=1S/C10H13ClN2O3S/c1-6(2)16-8(14)5-17-7-4-12-13(3)10(15)9(7)11/h4,6H,5H2,1-3H3. The maximum Gasteiger partial charge on any atom is 0.316 e. The Labute approximate surface area is 108 Å². The minimum absolute atomic E-state index is 0.0739. The molecule has 1 aromatic heterocycles. The Hall–Kier alpha value is -1.01. The summed E-state index contributed by atoms with van der Waals surface area (Å²) in [5.41, 5.74) is -0.381. The van der Waals surface area contributed by atoms with E-state index in [0.29, 0.717) is 4.90 Å². The fourth-order valence-electron chi connectivity index (χ4n) is 1.03. The van der Waals surface area contributed by atoms with Crippen molar-refractivity contribution < 1.29 is 9.53 Å². The zero-order valence-electron chi connectivity index (χ0n) is 9.77. The predicted octanol–water partition coefficient (Wildman–Crippen LogP) is 1.48. The second-order valence-corrected chi connectivity index (χ2v) is 4.97. The van der Waals surface area contributed by atoms with Crippen molar-refractivity contribution in [2.24, 2.45) is 7.05 Å². The van der Waals surface area contributed by atoms with Crippen LogP contribution in [0.25, 0.3) is 0 Å². The number of esters is 1. The molecule has 0 bridgehead atoms. The highest BCUT2D eigenvalue weighted by atomic mass is 35.5. The number of hydrogen-bond acceptors (Lipinski definition) is 5. The van der Waals surface area contributed by atoms with E-state index in [2.05, 4.69) is 5.10 Å². The van der Waals surface area contributed by atoms with Crippen LogP contribution < -0.4 is 5.56 Å². The van der Waals surface area contributed by atoms with Crippen LogP contribution in [0.3, 0.4) is 0 Å². The van der Waals surface area contributed by atoms with Crippen LogP contribution in [0.5, 0.6) is 0 Å². The third-order valence-electron chi connectivity index (χ3n) is 1.76. The Bertz CT molecular complexity index is 473. The maximum absolute atomic E-state index is 11.5. The average Bonchev–Trinajstić information content (AvgIpc) is 2.24. The largest absolute Gasteiger partial charge is 0.462 e. The topological polar surface area (TPSA) is 61.2 Å². The summed E-state index contributed by atoms with van der Waals surface area (Å²) in [6.07, 6.45) is 1.30. The van der Waals surface area contributed by atoms with Gasteiger partial charge in [0, 0.05) is 7.05 Å². The maximum atomic E-state index is 11.5. The van der Waals surface area contributed by atoms with Gasteiger partial charge < -0.3 is 4.74 Å². The van der Waals surface area contributed by atoms with Gasteiger partial charge in [-0.25, -0.2) is 4.68 Å². The third kappa shape index (κ3) is 4.05. The summed E-state index contributed by atoms with van der Waals surface area (Å²) in [7, 11) is 1.51. The molecule has 0 aliphatic rings. The van der Waals surface area contributed by atoms with Crippen LogP contribution >= 0.6 is 23.4 Å². The molecular formula is C10H13ClN2O3S. The average molecular weight is 277 g/mol. The van der Waals surface area contributed by atoms with Gasteiger partial charge in [-0.2, -0.15) is 5.10 Å². The molecule has 0 aliphatic heterocycles. The monoisotopic (exact) mass is 276 g/mol. The van der Waals surface area contributed by atoms with Crippen LogP contribution in [-0.2, 0) is 16.6 Å². The predicted molar refractivity (Wildman–Crippen MR) is 66.4 cm³/mol. The van der Waals surface area contributed by atoms with Gasteiger partial charge in [-0.05, 0) is 13.8 Å². The van der Waals surface area contributed by atoms with E-state index in [0.717, 1.165) is 16.4 Å². The molecule has 0 unspecified atom stereocenters. The van der Waals surface area contributed by atoms with E-state index in [4.69, 9.17) is 16.3 Å². The van der Waals surface area contributed by atoms with Gasteiger partial charge in [-0.15, -0.1) is 11.8 Å². The second kappa shape index (κ2) is 6.07. The summed E-state index contributed by atoms with van der Waals surface area (Å²) in [5.74, 6) is -0.242. The zero-order valence-corrected chi connectivity index (χ0v) is 11.3. The van der Waals surface area contributed by atoms with Crippen molar-refractivity contribution in [3.05, 3.63) is 21.6 Å². The number of thioether (sulfide) groups is 1. The minimum atomic E-state index is -0.381. The first-order valence-corrected chi connectivity index (χ1v) is 6.32. The first-order valence-electron chi connectivity index (χ1n) is 4.96. The first kappa shape index (κ1) is 14.1. The van der Waals surface area contributed by atoms with Crippen molar-refractivity contribution in [2.75, 3.05) is 5.75 Å². The van der Waals surface area contributed by atoms with Gasteiger partial charge in [0.05, 0.1) is 22.9 Å². The van der Waals surface area contributed by atoms with Crippen molar-refractivity contribution in [3.63, 3.8) is 0 Å². The first-order chi connectivity index (χ1) is 7.91. The Morgan fingerprint density at radius 1 is 1.65 bits per heavy atom. The van der Waals surface area contributed by atoms with E-state index in [9.17, 15) is 9.59 Å². The van der Waals surface area contributed by atoms with E-state index >= 15 is 0 Å². The Morgan fingerprint density at radius 2 is 2.29 bits per heavy atom. The van der Waals surface area contributed by atoms with E-state index in [1.54, 1.807) is 13.8 Å². The summed E-state index contributed by atoms with van der Waals surface area (Å²) < 4.78 is 6.10. The molecule has 0 amide bonds. The van der Waals surface area contributed by atoms with Gasteiger partial charge in [0.1, 0.15) is 5.02 Å². The van der Waals surface area contributed by atoms with Crippen LogP contribution in [0.1, 0.15) is 13.8 Å². The van der Waals surface area contributed by atoms with Crippen molar-refractivity contribution in [1.82, 2.24) is 9.78 Å². The quantitative estimate of drug-likeness (QED) is 0.616. The van der Waals surface area contributed by atoms with Crippen LogP contribution in [0.15, 0.2) is 15.9 Å². The SMILES string of the molecule is CC(C)OC(=O)CSc1cnn(C)c(=O)c1Cl. The Balaban J connectivity index is 2.68. The number of halogens is 1. The number of hydrogen-bond donors (Lipinski definition) is 0. The van der Waals surface area contributed by atoms with Crippen molar-refractivity contribution in [1.29, 1.82) is 0 Å². The highest BCUT2D eigenvalue weighted by molar-refractivity contribution is 8.00. The van der Waals surface area contributed by atoms with Gasteiger partial charge in [-0.1, -0.05) is 11.6 Å². The lowest BCUT2D eigenvalue weighted by Gasteiger charge is -2.08. The molecule has 0 spiro atoms. The molecule has 1 rings (SSSR count). The normalized spacial score (nSPS) is 10.6. The van der Waals surface area contributed by atoms with Crippen LogP contribution in [0.4, 0.5) is 0 Å². The summed E-state index contributed by atoms with van der Waals surface area (Å²) in [6, 6.07) is 0. The van der Waals surface area contributed by atoms with E-state index in [1.807, 2.05) is 0 Å². The summed E-state index contributed by atoms with van der Waals surface area (Å²) in [4.78, 5) is 23.2. The van der Waals surface area contributed by atoms with Crippen molar-refractivity contribution >= 4 is 29.3 Å². The molecule has 1 aromatic rings. The molecule has 0 atom stereocenters. The molecule has 17 heavy (non-hydrogen) atoms. The van der Waals surface area contributed by atoms with Crippen molar-refractivity contribution in [2.45, 2.75) is 24.8 Å². The minimum Gasteiger partial charge on any atom is -0.462 e. The fraction of sp³-hybridized carbons (Fsp3) is 0.500. The zero-order chi connectivity index (χ0) is 13.0. The van der Waals surface area contributed by atoms with Crippen LogP contribution in [0.2, 0.25) is 5.02 Å². The highest BCUT2D eigenvalue weighted by Crippen LogP contribution is 2.22. The molecule has 94 valence electrons. The highest BCUT2D eigenvalue weighted by Gasteiger charge is 2.11. The molecule has 7 heteroatoms. The van der Waals surface area contributed by atoms with E-state index in [-0.39, 0.29) is 28.4 Å². The molecule has 0 aromatic carbocycles. The van der Waals surface area contributed by atoms with Gasteiger partial charge >= 0.3 is 5.97 Å². The Kier molecular flexibility index (Phi) is 5.02. The van der Waals surface area contributed by atoms with Gasteiger partial charge in [0.25, 0.3) is 5.56 Å². The van der Waals surface area contributed by atoms with Gasteiger partial charge in [-0.3, -0.25) is 9.59 Å².